The summed E-state index contributed by atoms with van der Waals surface area (Å²) in [6.07, 6.45) is 14.2. The van der Waals surface area contributed by atoms with Gasteiger partial charge in [-0.25, -0.2) is 0 Å². The highest BCUT2D eigenvalue weighted by Gasteiger charge is 2.59. The lowest BCUT2D eigenvalue weighted by molar-refractivity contribution is -0.0574. The minimum atomic E-state index is -0.0818. The van der Waals surface area contributed by atoms with Gasteiger partial charge in [0.25, 0.3) is 0 Å². The predicted molar refractivity (Wildman–Crippen MR) is 126 cm³/mol. The molecule has 0 aliphatic heterocycles. The third kappa shape index (κ3) is 3.04. The molecule has 9 atom stereocenters. The maximum absolute atomic E-state index is 10.2. The lowest BCUT2D eigenvalue weighted by Gasteiger charge is -2.58. The molecule has 0 saturated heterocycles. The van der Waals surface area contributed by atoms with Gasteiger partial charge < -0.3 is 5.11 Å². The molecule has 5 rings (SSSR count). The van der Waals surface area contributed by atoms with Crippen molar-refractivity contribution in [1.29, 1.82) is 0 Å². The van der Waals surface area contributed by atoms with Crippen LogP contribution in [0.25, 0.3) is 0 Å². The van der Waals surface area contributed by atoms with Gasteiger partial charge in [0.05, 0.1) is 6.10 Å². The van der Waals surface area contributed by atoms with Crippen LogP contribution in [-0.4, -0.2) is 11.2 Å². The first-order valence-electron chi connectivity index (χ1n) is 13.2. The third-order valence-corrected chi connectivity index (χ3v) is 11.3. The molecule has 1 nitrogen and oxygen atoms in total. The summed E-state index contributed by atoms with van der Waals surface area (Å²) in [5, 5.41) is 10.2. The second-order valence-corrected chi connectivity index (χ2v) is 12.9. The molecule has 30 heavy (non-hydrogen) atoms. The Balaban J connectivity index is 1.32. The molecule has 0 spiro atoms. The number of rotatable bonds is 4. The van der Waals surface area contributed by atoms with Crippen LogP contribution >= 0.6 is 0 Å². The van der Waals surface area contributed by atoms with Gasteiger partial charge in [0, 0.05) is 5.92 Å². The molecule has 0 heterocycles. The van der Waals surface area contributed by atoms with E-state index in [2.05, 4.69) is 47.6 Å². The van der Waals surface area contributed by atoms with Crippen LogP contribution in [0, 0.1) is 52.3 Å². The van der Waals surface area contributed by atoms with Gasteiger partial charge in [-0.15, -0.1) is 0 Å². The maximum Gasteiger partial charge on any atom is 0.0577 e. The van der Waals surface area contributed by atoms with E-state index in [-0.39, 0.29) is 6.10 Å². The van der Waals surface area contributed by atoms with Gasteiger partial charge in [-0.1, -0.05) is 57.4 Å². The number of aliphatic hydroxyl groups is 1. The van der Waals surface area contributed by atoms with Crippen LogP contribution < -0.4 is 0 Å². The van der Waals surface area contributed by atoms with E-state index in [9.17, 15) is 5.11 Å². The van der Waals surface area contributed by atoms with Crippen LogP contribution in [0.1, 0.15) is 99.3 Å². The Morgan fingerprint density at radius 1 is 1.03 bits per heavy atom. The Morgan fingerprint density at radius 2 is 1.80 bits per heavy atom. The molecular formula is C29H46O. The van der Waals surface area contributed by atoms with Crippen molar-refractivity contribution in [2.45, 2.75) is 105 Å². The average molecular weight is 411 g/mol. The second-order valence-electron chi connectivity index (χ2n) is 12.9. The summed E-state index contributed by atoms with van der Waals surface area (Å²) in [6, 6.07) is 0. The van der Waals surface area contributed by atoms with Crippen LogP contribution in [0.15, 0.2) is 22.8 Å². The lowest BCUT2D eigenvalue weighted by Crippen LogP contribution is -2.50. The normalized spacial score (nSPS) is 48.7. The zero-order valence-corrected chi connectivity index (χ0v) is 20.5. The fourth-order valence-corrected chi connectivity index (χ4v) is 9.73. The molecule has 1 N–H and O–H groups in total. The molecule has 1 heteroatoms. The van der Waals surface area contributed by atoms with Crippen molar-refractivity contribution in [3.05, 3.63) is 22.8 Å². The molecule has 5 aliphatic rings. The summed E-state index contributed by atoms with van der Waals surface area (Å²) < 4.78 is 0. The molecule has 0 amide bonds. The lowest BCUT2D eigenvalue weighted by atomic mass is 9.47. The highest BCUT2D eigenvalue weighted by molar-refractivity contribution is 5.40. The van der Waals surface area contributed by atoms with Crippen molar-refractivity contribution in [3.63, 3.8) is 0 Å². The van der Waals surface area contributed by atoms with E-state index in [1.165, 1.54) is 44.9 Å². The van der Waals surface area contributed by atoms with Crippen molar-refractivity contribution in [1.82, 2.24) is 0 Å². The largest absolute Gasteiger partial charge is 0.393 e. The van der Waals surface area contributed by atoms with E-state index in [0.29, 0.717) is 10.8 Å². The third-order valence-electron chi connectivity index (χ3n) is 11.3. The van der Waals surface area contributed by atoms with Crippen molar-refractivity contribution in [2.24, 2.45) is 52.3 Å². The van der Waals surface area contributed by atoms with E-state index in [1.807, 2.05) is 0 Å². The van der Waals surface area contributed by atoms with Gasteiger partial charge in [0.15, 0.2) is 0 Å². The van der Waals surface area contributed by atoms with E-state index in [4.69, 9.17) is 0 Å². The fourth-order valence-electron chi connectivity index (χ4n) is 9.73. The van der Waals surface area contributed by atoms with Crippen LogP contribution in [0.2, 0.25) is 0 Å². The maximum atomic E-state index is 10.2. The van der Waals surface area contributed by atoms with Gasteiger partial charge in [-0.2, -0.15) is 0 Å². The predicted octanol–water partition coefficient (Wildman–Crippen LogP) is 7.55. The summed E-state index contributed by atoms with van der Waals surface area (Å²) in [5.41, 5.74) is 6.07. The Bertz CT molecular complexity index is 758. The minimum Gasteiger partial charge on any atom is -0.393 e. The molecule has 0 bridgehead atoms. The van der Waals surface area contributed by atoms with E-state index < -0.39 is 0 Å². The molecule has 0 aromatic rings. The smallest absolute Gasteiger partial charge is 0.0577 e. The second kappa shape index (κ2) is 7.23. The van der Waals surface area contributed by atoms with Gasteiger partial charge in [-0.05, 0) is 111 Å². The molecular weight excluding hydrogens is 364 g/mol. The highest BCUT2D eigenvalue weighted by Crippen LogP contribution is 2.67. The van der Waals surface area contributed by atoms with Gasteiger partial charge in [-0.3, -0.25) is 0 Å². The SMILES string of the molecule is CC1=C(C(C)C)[C@@H]1C[C@@H](C)C1CCC2C3CC=C4CC(O)CCC4(C)C3CCC21C. The number of hydrogen-bond acceptors (Lipinski definition) is 1. The first-order valence-corrected chi connectivity index (χ1v) is 13.2. The topological polar surface area (TPSA) is 20.2 Å². The summed E-state index contributed by atoms with van der Waals surface area (Å²) in [6.45, 7) is 15.0. The molecule has 3 fully saturated rings. The summed E-state index contributed by atoms with van der Waals surface area (Å²) >= 11 is 0. The summed E-state index contributed by atoms with van der Waals surface area (Å²) in [5.74, 6) is 6.09. The Labute approximate surface area is 185 Å². The van der Waals surface area contributed by atoms with Crippen LogP contribution in [-0.2, 0) is 0 Å². The highest BCUT2D eigenvalue weighted by atomic mass is 16.3. The van der Waals surface area contributed by atoms with Crippen molar-refractivity contribution in [3.8, 4) is 0 Å². The monoisotopic (exact) mass is 410 g/mol. The van der Waals surface area contributed by atoms with Crippen LogP contribution in [0.4, 0.5) is 0 Å². The van der Waals surface area contributed by atoms with E-state index >= 15 is 0 Å². The van der Waals surface area contributed by atoms with Crippen LogP contribution in [0.3, 0.4) is 0 Å². The molecule has 5 aliphatic carbocycles. The first-order chi connectivity index (χ1) is 14.2. The quantitative estimate of drug-likeness (QED) is 0.474. The summed E-state index contributed by atoms with van der Waals surface area (Å²) in [4.78, 5) is 0. The molecule has 168 valence electrons. The van der Waals surface area contributed by atoms with Crippen molar-refractivity contribution < 1.29 is 5.11 Å². The number of allylic oxidation sites excluding steroid dienone is 3. The standard InChI is InChI=1S/C29H46O/c1-17(2)27-19(4)23(27)15-18(3)24-9-10-25-22-8-7-20-16-21(30)11-13-28(20,5)26(22)12-14-29(24,25)6/h7,17-18,21-26,30H,8-16H2,1-6H3/t18-,21?,22?,23-,24?,25?,26?,28?,29?/m1/s1. The molecule has 3 saturated carbocycles. The first kappa shape index (κ1) is 21.3. The Kier molecular flexibility index (Phi) is 5.13. The molecule has 7 unspecified atom stereocenters. The Morgan fingerprint density at radius 3 is 2.50 bits per heavy atom. The molecule has 0 aromatic carbocycles. The summed E-state index contributed by atoms with van der Waals surface area (Å²) in [7, 11) is 0. The van der Waals surface area contributed by atoms with Gasteiger partial charge in [0.1, 0.15) is 0 Å². The van der Waals surface area contributed by atoms with Crippen molar-refractivity contribution in [2.75, 3.05) is 0 Å². The minimum absolute atomic E-state index is 0.0818. The number of fused-ring (bicyclic) bond motifs is 5. The van der Waals surface area contributed by atoms with Crippen molar-refractivity contribution >= 4 is 0 Å². The zero-order chi connectivity index (χ0) is 21.4. The average Bonchev–Trinajstić information content (AvgIpc) is 3.17. The fraction of sp³-hybridized carbons (Fsp3) is 0.862. The molecule has 0 radical (unpaired) electrons. The number of hydrogen-bond donors (Lipinski definition) is 1. The zero-order valence-electron chi connectivity index (χ0n) is 20.5. The van der Waals surface area contributed by atoms with E-state index in [0.717, 1.165) is 54.3 Å². The van der Waals surface area contributed by atoms with Gasteiger partial charge >= 0.3 is 0 Å². The molecule has 0 aromatic heterocycles. The Hall–Kier alpha value is -0.560. The number of aliphatic hydroxyl groups excluding tert-OH is 1. The van der Waals surface area contributed by atoms with Crippen LogP contribution in [0.5, 0.6) is 0 Å². The van der Waals surface area contributed by atoms with E-state index in [1.54, 1.807) is 16.7 Å². The van der Waals surface area contributed by atoms with Gasteiger partial charge in [0.2, 0.25) is 0 Å².